The number of nitrogens with zero attached hydrogens (tertiary/aromatic N) is 1. The van der Waals surface area contributed by atoms with Gasteiger partial charge in [-0.3, -0.25) is 14.8 Å². The van der Waals surface area contributed by atoms with Gasteiger partial charge in [0.25, 0.3) is 15.7 Å². The van der Waals surface area contributed by atoms with Gasteiger partial charge in [-0.05, 0) is 24.3 Å². The Morgan fingerprint density at radius 1 is 1.09 bits per heavy atom. The Hall–Kier alpha value is -2.33. The number of nitro benzene ring substituents is 1. The molecule has 2 aromatic carbocycles. The second kappa shape index (κ2) is 6.05. The number of sulfonamides is 1. The van der Waals surface area contributed by atoms with Crippen molar-refractivity contribution in [3.63, 3.8) is 0 Å². The average molecular weight is 367 g/mol. The lowest BCUT2D eigenvalue weighted by atomic mass is 10.3. The molecule has 6 nitrogen and oxygen atoms in total. The van der Waals surface area contributed by atoms with Crippen LogP contribution in [0.2, 0.25) is 5.02 Å². The van der Waals surface area contributed by atoms with Crippen LogP contribution in [0.4, 0.5) is 24.5 Å². The average Bonchev–Trinajstić information content (AvgIpc) is 2.46. The van der Waals surface area contributed by atoms with Crippen LogP contribution in [0.5, 0.6) is 0 Å². The first-order valence-electron chi connectivity index (χ1n) is 5.73. The van der Waals surface area contributed by atoms with Gasteiger partial charge in [-0.2, -0.15) is 0 Å². The molecule has 0 spiro atoms. The molecule has 0 heterocycles. The molecule has 1 N–H and O–H groups in total. The van der Waals surface area contributed by atoms with Gasteiger partial charge >= 0.3 is 0 Å². The first-order valence-corrected chi connectivity index (χ1v) is 7.60. The van der Waals surface area contributed by atoms with E-state index in [1.165, 1.54) is 0 Å². The van der Waals surface area contributed by atoms with Crippen molar-refractivity contribution in [2.45, 2.75) is 4.90 Å². The maximum Gasteiger partial charge on any atom is 0.289 e. The van der Waals surface area contributed by atoms with Gasteiger partial charge in [-0.1, -0.05) is 11.6 Å². The van der Waals surface area contributed by atoms with E-state index in [0.717, 1.165) is 18.2 Å². The SMILES string of the molecule is O=[N+]([O-])c1cc(NS(=O)(=O)c2ccc(F)c(F)c2F)ccc1Cl. The zero-order chi connectivity index (χ0) is 17.4. The minimum Gasteiger partial charge on any atom is -0.279 e. The van der Waals surface area contributed by atoms with Gasteiger partial charge in [-0.15, -0.1) is 0 Å². The molecule has 2 aromatic rings. The molecule has 0 atom stereocenters. The van der Waals surface area contributed by atoms with Crippen LogP contribution in [0.1, 0.15) is 0 Å². The Kier molecular flexibility index (Phi) is 4.48. The normalized spacial score (nSPS) is 11.3. The highest BCUT2D eigenvalue weighted by atomic mass is 35.5. The lowest BCUT2D eigenvalue weighted by Gasteiger charge is -2.09. The summed E-state index contributed by atoms with van der Waals surface area (Å²) in [5.41, 5.74) is -0.886. The molecule has 122 valence electrons. The lowest BCUT2D eigenvalue weighted by Crippen LogP contribution is -2.16. The monoisotopic (exact) mass is 366 g/mol. The van der Waals surface area contributed by atoms with Crippen molar-refractivity contribution >= 4 is 33.0 Å². The predicted octanol–water partition coefficient (Wildman–Crippen LogP) is 3.47. The van der Waals surface area contributed by atoms with Crippen molar-refractivity contribution < 1.29 is 26.5 Å². The van der Waals surface area contributed by atoms with Crippen LogP contribution in [0.25, 0.3) is 0 Å². The zero-order valence-corrected chi connectivity index (χ0v) is 12.5. The summed E-state index contributed by atoms with van der Waals surface area (Å²) in [6.45, 7) is 0. The topological polar surface area (TPSA) is 89.3 Å². The summed E-state index contributed by atoms with van der Waals surface area (Å²) in [6, 6.07) is 3.92. The fraction of sp³-hybridized carbons (Fsp3) is 0. The van der Waals surface area contributed by atoms with E-state index in [9.17, 15) is 31.7 Å². The number of rotatable bonds is 4. The Balaban J connectivity index is 2.45. The van der Waals surface area contributed by atoms with Crippen LogP contribution in [0.15, 0.2) is 35.2 Å². The number of benzene rings is 2. The molecule has 11 heteroatoms. The molecule has 0 fully saturated rings. The molecule has 0 saturated carbocycles. The number of nitro groups is 1. The maximum atomic E-state index is 13.6. The molecule has 0 aliphatic rings. The third kappa shape index (κ3) is 3.37. The van der Waals surface area contributed by atoms with Gasteiger partial charge in [0.1, 0.15) is 9.92 Å². The molecule has 0 aliphatic carbocycles. The fourth-order valence-corrected chi connectivity index (χ4v) is 2.95. The number of hydrogen-bond donors (Lipinski definition) is 1. The van der Waals surface area contributed by atoms with Crippen molar-refractivity contribution in [1.82, 2.24) is 0 Å². The van der Waals surface area contributed by atoms with Crippen molar-refractivity contribution in [3.8, 4) is 0 Å². The molecule has 23 heavy (non-hydrogen) atoms. The third-order valence-corrected chi connectivity index (χ3v) is 4.40. The number of hydrogen-bond acceptors (Lipinski definition) is 4. The predicted molar refractivity (Wildman–Crippen MR) is 75.2 cm³/mol. The largest absolute Gasteiger partial charge is 0.289 e. The molecule has 0 saturated heterocycles. The second-order valence-corrected chi connectivity index (χ2v) is 6.26. The summed E-state index contributed by atoms with van der Waals surface area (Å²) in [5, 5.41) is 10.5. The van der Waals surface area contributed by atoms with Crippen LogP contribution in [0.3, 0.4) is 0 Å². The highest BCUT2D eigenvalue weighted by Gasteiger charge is 2.25. The highest BCUT2D eigenvalue weighted by molar-refractivity contribution is 7.92. The number of anilines is 1. The summed E-state index contributed by atoms with van der Waals surface area (Å²) in [5.74, 6) is -5.40. The summed E-state index contributed by atoms with van der Waals surface area (Å²) in [7, 11) is -4.64. The quantitative estimate of drug-likeness (QED) is 0.509. The smallest absolute Gasteiger partial charge is 0.279 e. The van der Waals surface area contributed by atoms with E-state index in [1.54, 1.807) is 0 Å². The molecule has 0 radical (unpaired) electrons. The van der Waals surface area contributed by atoms with Crippen LogP contribution >= 0.6 is 11.6 Å². The fourth-order valence-electron chi connectivity index (χ4n) is 1.64. The molecule has 0 unspecified atom stereocenters. The number of nitrogens with one attached hydrogen (secondary N) is 1. The molecule has 2 rings (SSSR count). The molecular weight excluding hydrogens is 361 g/mol. The summed E-state index contributed by atoms with van der Waals surface area (Å²) in [4.78, 5) is 8.75. The van der Waals surface area contributed by atoms with Gasteiger partial charge in [0.05, 0.1) is 10.6 Å². The highest BCUT2D eigenvalue weighted by Crippen LogP contribution is 2.29. The van der Waals surface area contributed by atoms with Crippen LogP contribution < -0.4 is 4.72 Å². The van der Waals surface area contributed by atoms with Gasteiger partial charge in [0.2, 0.25) is 0 Å². The van der Waals surface area contributed by atoms with Gasteiger partial charge in [-0.25, -0.2) is 21.6 Å². The third-order valence-electron chi connectivity index (χ3n) is 2.68. The Bertz CT molecular complexity index is 905. The Morgan fingerprint density at radius 2 is 1.74 bits per heavy atom. The van der Waals surface area contributed by atoms with Crippen molar-refractivity contribution in [2.75, 3.05) is 4.72 Å². The maximum absolute atomic E-state index is 13.6. The van der Waals surface area contributed by atoms with Crippen molar-refractivity contribution in [3.05, 3.63) is 62.9 Å². The van der Waals surface area contributed by atoms with Gasteiger partial charge in [0.15, 0.2) is 17.5 Å². The minimum atomic E-state index is -4.64. The Labute approximate surface area is 132 Å². The van der Waals surface area contributed by atoms with E-state index in [-0.39, 0.29) is 10.7 Å². The Morgan fingerprint density at radius 3 is 2.35 bits per heavy atom. The second-order valence-electron chi connectivity index (χ2n) is 4.20. The van der Waals surface area contributed by atoms with E-state index in [0.29, 0.717) is 12.1 Å². The summed E-state index contributed by atoms with van der Waals surface area (Å²) < 4.78 is 65.4. The van der Waals surface area contributed by atoms with Crippen molar-refractivity contribution in [2.24, 2.45) is 0 Å². The standard InChI is InChI=1S/C12H6ClF3N2O4S/c13-7-2-1-6(5-9(7)18(19)20)17-23(21,22)10-4-3-8(14)11(15)12(10)16/h1-5,17H. The molecular formula is C12H6ClF3N2O4S. The first-order chi connectivity index (χ1) is 10.6. The van der Waals surface area contributed by atoms with E-state index < -0.39 is 43.0 Å². The van der Waals surface area contributed by atoms with Crippen LogP contribution in [0, 0.1) is 27.6 Å². The summed E-state index contributed by atoms with van der Waals surface area (Å²) >= 11 is 5.57. The van der Waals surface area contributed by atoms with Crippen LogP contribution in [-0.2, 0) is 10.0 Å². The minimum absolute atomic E-state index is 0.239. The zero-order valence-electron chi connectivity index (χ0n) is 10.9. The van der Waals surface area contributed by atoms with Crippen molar-refractivity contribution in [1.29, 1.82) is 0 Å². The lowest BCUT2D eigenvalue weighted by molar-refractivity contribution is -0.384. The van der Waals surface area contributed by atoms with E-state index in [4.69, 9.17) is 11.6 Å². The number of halogens is 4. The van der Waals surface area contributed by atoms with E-state index in [1.807, 2.05) is 4.72 Å². The molecule has 0 amide bonds. The first kappa shape index (κ1) is 17.0. The molecule has 0 aliphatic heterocycles. The van der Waals surface area contributed by atoms with Gasteiger partial charge < -0.3 is 0 Å². The molecule has 0 bridgehead atoms. The van der Waals surface area contributed by atoms with Gasteiger partial charge in [0, 0.05) is 6.07 Å². The van der Waals surface area contributed by atoms with Crippen LogP contribution in [-0.4, -0.2) is 13.3 Å². The van der Waals surface area contributed by atoms with E-state index >= 15 is 0 Å². The van der Waals surface area contributed by atoms with E-state index in [2.05, 4.69) is 0 Å². The molecule has 0 aromatic heterocycles. The summed E-state index contributed by atoms with van der Waals surface area (Å²) in [6.07, 6.45) is 0.